The molecule has 2 aromatic rings. The van der Waals surface area contributed by atoms with E-state index in [1.165, 1.54) is 11.1 Å². The van der Waals surface area contributed by atoms with Crippen molar-refractivity contribution < 1.29 is 0 Å². The maximum absolute atomic E-state index is 9.03. The Hall–Kier alpha value is -2.11. The molecule has 0 fully saturated rings. The van der Waals surface area contributed by atoms with Gasteiger partial charge < -0.3 is 5.32 Å². The van der Waals surface area contributed by atoms with E-state index in [1.54, 1.807) is 0 Å². The van der Waals surface area contributed by atoms with Crippen molar-refractivity contribution in [3.05, 3.63) is 71.3 Å². The second-order valence-corrected chi connectivity index (χ2v) is 5.12. The van der Waals surface area contributed by atoms with Crippen molar-refractivity contribution in [2.45, 2.75) is 32.4 Å². The Bertz CT molecular complexity index is 567. The Morgan fingerprint density at radius 3 is 2.25 bits per heavy atom. The number of nitrogens with zero attached hydrogens (tertiary/aromatic N) is 1. The first kappa shape index (κ1) is 14.3. The third-order valence-corrected chi connectivity index (χ3v) is 3.53. The summed E-state index contributed by atoms with van der Waals surface area (Å²) in [4.78, 5) is 0. The number of hydrogen-bond acceptors (Lipinski definition) is 2. The zero-order chi connectivity index (χ0) is 14.4. The third kappa shape index (κ3) is 3.69. The molecule has 0 heterocycles. The molecule has 2 atom stereocenters. The summed E-state index contributed by atoms with van der Waals surface area (Å²) in [5.74, 6) is 0. The van der Waals surface area contributed by atoms with Crippen molar-refractivity contribution in [2.75, 3.05) is 0 Å². The molecule has 0 bridgehead atoms. The van der Waals surface area contributed by atoms with Crippen LogP contribution in [0, 0.1) is 18.3 Å². The second-order valence-electron chi connectivity index (χ2n) is 5.12. The molecule has 0 aliphatic heterocycles. The third-order valence-electron chi connectivity index (χ3n) is 3.53. The maximum Gasteiger partial charge on any atom is 0.0641 e. The van der Waals surface area contributed by atoms with E-state index in [2.05, 4.69) is 61.6 Å². The van der Waals surface area contributed by atoms with Gasteiger partial charge in [0.15, 0.2) is 0 Å². The van der Waals surface area contributed by atoms with Gasteiger partial charge in [0.1, 0.15) is 0 Å². The van der Waals surface area contributed by atoms with Crippen LogP contribution < -0.4 is 5.32 Å². The molecule has 102 valence electrons. The van der Waals surface area contributed by atoms with Gasteiger partial charge in [-0.15, -0.1) is 0 Å². The van der Waals surface area contributed by atoms with E-state index in [0.717, 1.165) is 5.56 Å². The first-order chi connectivity index (χ1) is 9.70. The smallest absolute Gasteiger partial charge is 0.0641 e. The van der Waals surface area contributed by atoms with Crippen LogP contribution >= 0.6 is 0 Å². The summed E-state index contributed by atoms with van der Waals surface area (Å²) < 4.78 is 0. The Morgan fingerprint density at radius 2 is 1.65 bits per heavy atom. The summed E-state index contributed by atoms with van der Waals surface area (Å²) in [6, 6.07) is 21.2. The molecule has 0 aliphatic rings. The molecule has 20 heavy (non-hydrogen) atoms. The van der Waals surface area contributed by atoms with Crippen molar-refractivity contribution in [1.82, 2.24) is 5.32 Å². The average molecular weight is 264 g/mol. The highest BCUT2D eigenvalue weighted by atomic mass is 14.9. The molecule has 0 amide bonds. The lowest BCUT2D eigenvalue weighted by Crippen LogP contribution is -2.24. The van der Waals surface area contributed by atoms with Crippen molar-refractivity contribution in [2.24, 2.45) is 0 Å². The molecule has 2 rings (SSSR count). The Balaban J connectivity index is 2.12. The summed E-state index contributed by atoms with van der Waals surface area (Å²) in [6.07, 6.45) is 0.472. The standard InChI is InChI=1S/C18H20N2/c1-14-8-10-16(11-9-14)15(2)20-18(12-13-19)17-6-4-3-5-7-17/h3-11,15,18,20H,12H2,1-2H3. The number of rotatable bonds is 5. The summed E-state index contributed by atoms with van der Waals surface area (Å²) >= 11 is 0. The summed E-state index contributed by atoms with van der Waals surface area (Å²) in [7, 11) is 0. The maximum atomic E-state index is 9.03. The Kier molecular flexibility index (Phi) is 4.92. The topological polar surface area (TPSA) is 35.8 Å². The molecular weight excluding hydrogens is 244 g/mol. The van der Waals surface area contributed by atoms with Gasteiger partial charge in [0.05, 0.1) is 12.5 Å². The van der Waals surface area contributed by atoms with Crippen LogP contribution in [0.4, 0.5) is 0 Å². The van der Waals surface area contributed by atoms with E-state index in [4.69, 9.17) is 5.26 Å². The van der Waals surface area contributed by atoms with Gasteiger partial charge in [-0.2, -0.15) is 5.26 Å². The number of hydrogen-bond donors (Lipinski definition) is 1. The van der Waals surface area contributed by atoms with Crippen molar-refractivity contribution in [3.8, 4) is 6.07 Å². The van der Waals surface area contributed by atoms with Crippen LogP contribution in [0.3, 0.4) is 0 Å². The van der Waals surface area contributed by atoms with Crippen LogP contribution in [0.15, 0.2) is 54.6 Å². The highest BCUT2D eigenvalue weighted by Gasteiger charge is 2.14. The van der Waals surface area contributed by atoms with Gasteiger partial charge in [-0.1, -0.05) is 60.2 Å². The summed E-state index contributed by atoms with van der Waals surface area (Å²) in [5.41, 5.74) is 3.67. The lowest BCUT2D eigenvalue weighted by atomic mass is 10.0. The molecule has 0 aliphatic carbocycles. The first-order valence-corrected chi connectivity index (χ1v) is 6.95. The molecule has 2 aromatic carbocycles. The molecular formula is C18H20N2. The van der Waals surface area contributed by atoms with E-state index < -0.39 is 0 Å². The van der Waals surface area contributed by atoms with E-state index in [9.17, 15) is 0 Å². The molecule has 2 nitrogen and oxygen atoms in total. The zero-order valence-corrected chi connectivity index (χ0v) is 12.0. The lowest BCUT2D eigenvalue weighted by molar-refractivity contribution is 0.472. The second kappa shape index (κ2) is 6.88. The van der Waals surface area contributed by atoms with E-state index in [0.29, 0.717) is 6.42 Å². The fourth-order valence-electron chi connectivity index (χ4n) is 2.30. The minimum absolute atomic E-state index is 0.0671. The largest absolute Gasteiger partial charge is 0.302 e. The molecule has 0 aromatic heterocycles. The lowest BCUT2D eigenvalue weighted by Gasteiger charge is -2.22. The Morgan fingerprint density at radius 1 is 1.00 bits per heavy atom. The highest BCUT2D eigenvalue weighted by molar-refractivity contribution is 5.25. The summed E-state index contributed by atoms with van der Waals surface area (Å²) in [6.45, 7) is 4.22. The van der Waals surface area contributed by atoms with Crippen LogP contribution in [0.1, 0.15) is 42.1 Å². The molecule has 0 radical (unpaired) electrons. The average Bonchev–Trinajstić information content (AvgIpc) is 2.48. The quantitative estimate of drug-likeness (QED) is 0.874. The van der Waals surface area contributed by atoms with Gasteiger partial charge in [-0.25, -0.2) is 0 Å². The number of nitrogens with one attached hydrogen (secondary N) is 1. The van der Waals surface area contributed by atoms with Gasteiger partial charge in [0, 0.05) is 12.1 Å². The molecule has 1 N–H and O–H groups in total. The van der Waals surface area contributed by atoms with Gasteiger partial charge in [-0.05, 0) is 25.0 Å². The number of nitriles is 1. The molecule has 2 unspecified atom stereocenters. The molecule has 0 spiro atoms. The van der Waals surface area contributed by atoms with Crippen molar-refractivity contribution >= 4 is 0 Å². The fourth-order valence-corrected chi connectivity index (χ4v) is 2.30. The van der Waals surface area contributed by atoms with Gasteiger partial charge in [-0.3, -0.25) is 0 Å². The van der Waals surface area contributed by atoms with Crippen LogP contribution in [0.5, 0.6) is 0 Å². The van der Waals surface area contributed by atoms with Gasteiger partial charge in [0.25, 0.3) is 0 Å². The van der Waals surface area contributed by atoms with E-state index in [1.807, 2.05) is 18.2 Å². The minimum Gasteiger partial charge on any atom is -0.302 e. The molecule has 2 heteroatoms. The monoisotopic (exact) mass is 264 g/mol. The normalized spacial score (nSPS) is 13.4. The van der Waals surface area contributed by atoms with Gasteiger partial charge in [0.2, 0.25) is 0 Å². The minimum atomic E-state index is 0.0671. The van der Waals surface area contributed by atoms with Crippen LogP contribution in [-0.4, -0.2) is 0 Å². The predicted molar refractivity (Wildman–Crippen MR) is 82.1 cm³/mol. The van der Waals surface area contributed by atoms with Crippen molar-refractivity contribution in [3.63, 3.8) is 0 Å². The molecule has 0 saturated heterocycles. The van der Waals surface area contributed by atoms with Gasteiger partial charge >= 0.3 is 0 Å². The van der Waals surface area contributed by atoms with Crippen LogP contribution in [0.25, 0.3) is 0 Å². The summed E-state index contributed by atoms with van der Waals surface area (Å²) in [5, 5.41) is 12.6. The predicted octanol–water partition coefficient (Wildman–Crippen LogP) is 4.30. The van der Waals surface area contributed by atoms with E-state index in [-0.39, 0.29) is 12.1 Å². The number of benzene rings is 2. The zero-order valence-electron chi connectivity index (χ0n) is 12.0. The van der Waals surface area contributed by atoms with E-state index >= 15 is 0 Å². The van der Waals surface area contributed by atoms with Crippen LogP contribution in [-0.2, 0) is 0 Å². The Labute approximate surface area is 121 Å². The SMILES string of the molecule is Cc1ccc(C(C)NC(CC#N)c2ccccc2)cc1. The van der Waals surface area contributed by atoms with Crippen LogP contribution in [0.2, 0.25) is 0 Å². The number of aryl methyl sites for hydroxylation is 1. The highest BCUT2D eigenvalue weighted by Crippen LogP contribution is 2.22. The van der Waals surface area contributed by atoms with Crippen molar-refractivity contribution in [1.29, 1.82) is 5.26 Å². The molecule has 0 saturated carbocycles. The first-order valence-electron chi connectivity index (χ1n) is 6.95. The fraction of sp³-hybridized carbons (Fsp3) is 0.278.